The molecule has 3 heteroatoms. The summed E-state index contributed by atoms with van der Waals surface area (Å²) >= 11 is 0. The van der Waals surface area contributed by atoms with Crippen LogP contribution in [0.1, 0.15) is 59.8 Å². The van der Waals surface area contributed by atoms with E-state index in [-0.39, 0.29) is 12.1 Å². The van der Waals surface area contributed by atoms with Crippen molar-refractivity contribution in [3.05, 3.63) is 0 Å². The standard InChI is InChI=1S/C13H26O3/c1-5-16-12(15)9-8-11(14)7-6-10-13(2,3)4/h11,14H,5-10H2,1-4H3/t11-/m0/s1. The lowest BCUT2D eigenvalue weighted by Gasteiger charge is -2.18. The minimum Gasteiger partial charge on any atom is -0.466 e. The zero-order valence-electron chi connectivity index (χ0n) is 11.1. The Labute approximate surface area is 99.2 Å². The number of hydrogen-bond donors (Lipinski definition) is 1. The largest absolute Gasteiger partial charge is 0.466 e. The fourth-order valence-electron chi connectivity index (χ4n) is 1.53. The molecule has 0 rings (SSSR count). The number of aliphatic hydroxyl groups is 1. The van der Waals surface area contributed by atoms with Gasteiger partial charge in [-0.1, -0.05) is 27.2 Å². The Bertz CT molecular complexity index is 194. The summed E-state index contributed by atoms with van der Waals surface area (Å²) in [5, 5.41) is 9.66. The lowest BCUT2D eigenvalue weighted by Crippen LogP contribution is -2.13. The van der Waals surface area contributed by atoms with Crippen molar-refractivity contribution < 1.29 is 14.6 Å². The average molecular weight is 230 g/mol. The number of carbonyl (C=O) groups excluding carboxylic acids is 1. The molecule has 0 aliphatic rings. The molecule has 0 fully saturated rings. The van der Waals surface area contributed by atoms with Gasteiger partial charge in [0, 0.05) is 6.42 Å². The predicted octanol–water partition coefficient (Wildman–Crippen LogP) is 2.91. The van der Waals surface area contributed by atoms with Gasteiger partial charge in [0.1, 0.15) is 0 Å². The summed E-state index contributed by atoms with van der Waals surface area (Å²) in [6.45, 7) is 8.78. The van der Waals surface area contributed by atoms with Crippen molar-refractivity contribution in [2.24, 2.45) is 5.41 Å². The lowest BCUT2D eigenvalue weighted by atomic mass is 9.89. The first kappa shape index (κ1) is 15.4. The summed E-state index contributed by atoms with van der Waals surface area (Å²) in [4.78, 5) is 11.0. The quantitative estimate of drug-likeness (QED) is 0.684. The zero-order chi connectivity index (χ0) is 12.6. The maximum Gasteiger partial charge on any atom is 0.305 e. The first-order valence-electron chi connectivity index (χ1n) is 6.19. The molecule has 0 heterocycles. The Kier molecular flexibility index (Phi) is 7.39. The molecule has 0 aliphatic carbocycles. The number of rotatable bonds is 7. The summed E-state index contributed by atoms with van der Waals surface area (Å²) in [6.07, 6.45) is 3.35. The monoisotopic (exact) mass is 230 g/mol. The number of aliphatic hydroxyl groups excluding tert-OH is 1. The average Bonchev–Trinajstić information content (AvgIpc) is 2.13. The van der Waals surface area contributed by atoms with Gasteiger partial charge in [0.25, 0.3) is 0 Å². The maximum absolute atomic E-state index is 11.0. The molecule has 0 aromatic rings. The molecule has 0 amide bonds. The van der Waals surface area contributed by atoms with Crippen LogP contribution in [0.25, 0.3) is 0 Å². The van der Waals surface area contributed by atoms with Gasteiger partial charge in [-0.3, -0.25) is 4.79 Å². The van der Waals surface area contributed by atoms with Gasteiger partial charge in [-0.15, -0.1) is 0 Å². The smallest absolute Gasteiger partial charge is 0.305 e. The molecule has 3 nitrogen and oxygen atoms in total. The van der Waals surface area contributed by atoms with E-state index in [1.165, 1.54) is 0 Å². The van der Waals surface area contributed by atoms with Crippen LogP contribution >= 0.6 is 0 Å². The summed E-state index contributed by atoms with van der Waals surface area (Å²) in [5.41, 5.74) is 0.320. The Morgan fingerprint density at radius 2 is 1.94 bits per heavy atom. The van der Waals surface area contributed by atoms with Gasteiger partial charge in [-0.2, -0.15) is 0 Å². The molecular formula is C13H26O3. The molecular weight excluding hydrogens is 204 g/mol. The van der Waals surface area contributed by atoms with E-state index in [0.29, 0.717) is 24.9 Å². The Hall–Kier alpha value is -0.570. The van der Waals surface area contributed by atoms with E-state index in [1.807, 2.05) is 0 Å². The van der Waals surface area contributed by atoms with E-state index in [9.17, 15) is 9.90 Å². The molecule has 96 valence electrons. The highest BCUT2D eigenvalue weighted by Crippen LogP contribution is 2.22. The second-order valence-electron chi connectivity index (χ2n) is 5.45. The van der Waals surface area contributed by atoms with E-state index in [0.717, 1.165) is 19.3 Å². The van der Waals surface area contributed by atoms with Gasteiger partial charge in [0.2, 0.25) is 0 Å². The van der Waals surface area contributed by atoms with Gasteiger partial charge in [-0.05, 0) is 31.6 Å². The van der Waals surface area contributed by atoms with Crippen LogP contribution in [0.4, 0.5) is 0 Å². The van der Waals surface area contributed by atoms with E-state index >= 15 is 0 Å². The number of carbonyl (C=O) groups is 1. The minimum absolute atomic E-state index is 0.211. The van der Waals surface area contributed by atoms with Gasteiger partial charge in [0.05, 0.1) is 12.7 Å². The highest BCUT2D eigenvalue weighted by Gasteiger charge is 2.12. The van der Waals surface area contributed by atoms with Crippen molar-refractivity contribution in [2.45, 2.75) is 65.9 Å². The summed E-state index contributed by atoms with van der Waals surface area (Å²) in [5.74, 6) is -0.211. The normalized spacial score (nSPS) is 13.6. The third-order valence-electron chi connectivity index (χ3n) is 2.45. The van der Waals surface area contributed by atoms with Crippen LogP contribution in [0.5, 0.6) is 0 Å². The van der Waals surface area contributed by atoms with Gasteiger partial charge >= 0.3 is 5.97 Å². The number of hydrogen-bond acceptors (Lipinski definition) is 3. The molecule has 1 atom stereocenters. The number of ether oxygens (including phenoxy) is 1. The van der Waals surface area contributed by atoms with E-state index in [4.69, 9.17) is 4.74 Å². The molecule has 0 aromatic carbocycles. The zero-order valence-corrected chi connectivity index (χ0v) is 11.1. The van der Waals surface area contributed by atoms with Gasteiger partial charge in [-0.25, -0.2) is 0 Å². The van der Waals surface area contributed by atoms with Crippen LogP contribution in [0.2, 0.25) is 0 Å². The molecule has 0 saturated carbocycles. The Morgan fingerprint density at radius 3 is 2.44 bits per heavy atom. The number of esters is 1. The van der Waals surface area contributed by atoms with Crippen LogP contribution in [-0.2, 0) is 9.53 Å². The first-order chi connectivity index (χ1) is 7.35. The third kappa shape index (κ3) is 9.97. The molecule has 0 aliphatic heterocycles. The van der Waals surface area contributed by atoms with Crippen LogP contribution in [-0.4, -0.2) is 23.8 Å². The van der Waals surface area contributed by atoms with Crippen molar-refractivity contribution in [2.75, 3.05) is 6.61 Å². The highest BCUT2D eigenvalue weighted by atomic mass is 16.5. The molecule has 0 spiro atoms. The first-order valence-corrected chi connectivity index (χ1v) is 6.19. The second-order valence-corrected chi connectivity index (χ2v) is 5.45. The Morgan fingerprint density at radius 1 is 1.31 bits per heavy atom. The van der Waals surface area contributed by atoms with Crippen molar-refractivity contribution >= 4 is 5.97 Å². The van der Waals surface area contributed by atoms with Crippen LogP contribution in [0.3, 0.4) is 0 Å². The SMILES string of the molecule is CCOC(=O)CC[C@@H](O)CCCC(C)(C)C. The minimum atomic E-state index is -0.369. The topological polar surface area (TPSA) is 46.5 Å². The lowest BCUT2D eigenvalue weighted by molar-refractivity contribution is -0.143. The molecule has 0 radical (unpaired) electrons. The van der Waals surface area contributed by atoms with Crippen molar-refractivity contribution in [1.29, 1.82) is 0 Å². The van der Waals surface area contributed by atoms with Crippen LogP contribution in [0, 0.1) is 5.41 Å². The van der Waals surface area contributed by atoms with Crippen LogP contribution in [0.15, 0.2) is 0 Å². The summed E-state index contributed by atoms with van der Waals surface area (Å²) in [6, 6.07) is 0. The fourth-order valence-corrected chi connectivity index (χ4v) is 1.53. The van der Waals surface area contributed by atoms with Crippen molar-refractivity contribution in [1.82, 2.24) is 0 Å². The molecule has 0 aromatic heterocycles. The van der Waals surface area contributed by atoms with Gasteiger partial charge < -0.3 is 9.84 Å². The van der Waals surface area contributed by atoms with Crippen LogP contribution < -0.4 is 0 Å². The second kappa shape index (κ2) is 7.66. The molecule has 0 unspecified atom stereocenters. The fraction of sp³-hybridized carbons (Fsp3) is 0.923. The van der Waals surface area contributed by atoms with Crippen molar-refractivity contribution in [3.8, 4) is 0 Å². The summed E-state index contributed by atoms with van der Waals surface area (Å²) < 4.78 is 4.80. The third-order valence-corrected chi connectivity index (χ3v) is 2.45. The predicted molar refractivity (Wildman–Crippen MR) is 65.2 cm³/mol. The summed E-state index contributed by atoms with van der Waals surface area (Å²) in [7, 11) is 0. The maximum atomic E-state index is 11.0. The van der Waals surface area contributed by atoms with E-state index < -0.39 is 0 Å². The highest BCUT2D eigenvalue weighted by molar-refractivity contribution is 5.69. The Balaban J connectivity index is 3.52. The van der Waals surface area contributed by atoms with Gasteiger partial charge in [0.15, 0.2) is 0 Å². The van der Waals surface area contributed by atoms with Crippen molar-refractivity contribution in [3.63, 3.8) is 0 Å². The molecule has 0 saturated heterocycles. The van der Waals surface area contributed by atoms with E-state index in [2.05, 4.69) is 20.8 Å². The van der Waals surface area contributed by atoms with E-state index in [1.54, 1.807) is 6.92 Å². The molecule has 1 N–H and O–H groups in total. The molecule has 0 bridgehead atoms. The molecule has 16 heavy (non-hydrogen) atoms.